The number of carbonyl (C=O) groups is 1. The average Bonchev–Trinajstić information content (AvgIpc) is 3.21. The summed E-state index contributed by atoms with van der Waals surface area (Å²) in [5, 5.41) is 14.2. The lowest BCUT2D eigenvalue weighted by Crippen LogP contribution is -2.32. The molecular weight excluding hydrogens is 374 g/mol. The van der Waals surface area contributed by atoms with Gasteiger partial charge in [0.25, 0.3) is 11.5 Å². The van der Waals surface area contributed by atoms with Crippen molar-refractivity contribution in [1.29, 1.82) is 0 Å². The Kier molecular flexibility index (Phi) is 5.88. The van der Waals surface area contributed by atoms with Crippen molar-refractivity contribution >= 4 is 23.4 Å². The van der Waals surface area contributed by atoms with Gasteiger partial charge >= 0.3 is 0 Å². The number of primary amides is 1. The van der Waals surface area contributed by atoms with Gasteiger partial charge < -0.3 is 22.1 Å². The van der Waals surface area contributed by atoms with E-state index in [4.69, 9.17) is 11.5 Å². The van der Waals surface area contributed by atoms with E-state index in [9.17, 15) is 9.59 Å². The summed E-state index contributed by atoms with van der Waals surface area (Å²) in [6, 6.07) is 7.05. The molecule has 0 saturated carbocycles. The number of aromatic amines is 1. The molecule has 0 radical (unpaired) electrons. The maximum absolute atomic E-state index is 12.4. The van der Waals surface area contributed by atoms with Gasteiger partial charge in [-0.05, 0) is 37.6 Å². The standard InChI is InChI=1S/C18H23N9O2/c1-10(9-19)11(2)23-18-25-16(14(15(20)28)17(29)26-18)24-12-4-3-5-13(8-12)27-21-6-7-22-27/h3-8,10-11H,9,19H2,1-2H3,(H2,20,28)(H3,23,24,25,26,29). The predicted octanol–water partition coefficient (Wildman–Crippen LogP) is 0.588. The highest BCUT2D eigenvalue weighted by atomic mass is 16.2. The van der Waals surface area contributed by atoms with Gasteiger partial charge in [0, 0.05) is 11.7 Å². The summed E-state index contributed by atoms with van der Waals surface area (Å²) in [7, 11) is 0. The summed E-state index contributed by atoms with van der Waals surface area (Å²) in [6.45, 7) is 4.37. The number of nitrogens with two attached hydrogens (primary N) is 2. The van der Waals surface area contributed by atoms with Crippen LogP contribution in [0.2, 0.25) is 0 Å². The van der Waals surface area contributed by atoms with Crippen LogP contribution in [0.3, 0.4) is 0 Å². The summed E-state index contributed by atoms with van der Waals surface area (Å²) in [4.78, 5) is 32.6. The van der Waals surface area contributed by atoms with Gasteiger partial charge in [0.15, 0.2) is 5.82 Å². The number of rotatable bonds is 8. The zero-order valence-corrected chi connectivity index (χ0v) is 16.1. The third-order valence-corrected chi connectivity index (χ3v) is 4.51. The van der Waals surface area contributed by atoms with E-state index in [1.807, 2.05) is 19.9 Å². The molecule has 0 saturated heterocycles. The SMILES string of the molecule is CC(CN)C(C)Nc1nc(Nc2cccc(-n3nccn3)c2)c(C(N)=O)c(=O)[nH]1. The molecule has 29 heavy (non-hydrogen) atoms. The molecule has 0 aliphatic heterocycles. The molecule has 7 N–H and O–H groups in total. The van der Waals surface area contributed by atoms with Crippen LogP contribution in [-0.4, -0.2) is 43.5 Å². The van der Waals surface area contributed by atoms with Crippen LogP contribution in [0, 0.1) is 5.92 Å². The normalized spacial score (nSPS) is 12.9. The number of nitrogens with zero attached hydrogens (tertiary/aromatic N) is 4. The molecule has 3 rings (SSSR count). The van der Waals surface area contributed by atoms with Gasteiger partial charge in [-0.2, -0.15) is 20.0 Å². The van der Waals surface area contributed by atoms with Crippen LogP contribution in [0.25, 0.3) is 5.69 Å². The molecule has 1 amide bonds. The molecule has 2 aromatic heterocycles. The molecule has 0 fully saturated rings. The highest BCUT2D eigenvalue weighted by Crippen LogP contribution is 2.20. The molecule has 11 heteroatoms. The first-order chi connectivity index (χ1) is 13.9. The topological polar surface area (TPSA) is 170 Å². The van der Waals surface area contributed by atoms with Gasteiger partial charge in [-0.3, -0.25) is 14.6 Å². The highest BCUT2D eigenvalue weighted by Gasteiger charge is 2.19. The average molecular weight is 397 g/mol. The molecule has 0 spiro atoms. The lowest BCUT2D eigenvalue weighted by Gasteiger charge is -2.20. The van der Waals surface area contributed by atoms with E-state index in [0.29, 0.717) is 17.9 Å². The summed E-state index contributed by atoms with van der Waals surface area (Å²) in [6.07, 6.45) is 3.12. The summed E-state index contributed by atoms with van der Waals surface area (Å²) in [5.74, 6) is -0.492. The lowest BCUT2D eigenvalue weighted by molar-refractivity contribution is 0.0999. The van der Waals surface area contributed by atoms with Crippen LogP contribution in [0.15, 0.2) is 41.5 Å². The minimum atomic E-state index is -0.888. The van der Waals surface area contributed by atoms with Crippen LogP contribution < -0.4 is 27.7 Å². The van der Waals surface area contributed by atoms with Gasteiger partial charge in [-0.1, -0.05) is 13.0 Å². The second-order valence-corrected chi connectivity index (χ2v) is 6.64. The van der Waals surface area contributed by atoms with Crippen molar-refractivity contribution in [2.24, 2.45) is 17.4 Å². The monoisotopic (exact) mass is 397 g/mol. The second-order valence-electron chi connectivity index (χ2n) is 6.64. The Morgan fingerprint density at radius 3 is 2.66 bits per heavy atom. The molecule has 11 nitrogen and oxygen atoms in total. The fourth-order valence-electron chi connectivity index (χ4n) is 2.62. The van der Waals surface area contributed by atoms with Crippen LogP contribution >= 0.6 is 0 Å². The minimum absolute atomic E-state index is 0.0435. The maximum atomic E-state index is 12.4. The smallest absolute Gasteiger partial charge is 0.267 e. The summed E-state index contributed by atoms with van der Waals surface area (Å²) < 4.78 is 0. The molecule has 2 unspecified atom stereocenters. The van der Waals surface area contributed by atoms with Gasteiger partial charge in [0.1, 0.15) is 5.56 Å². The Bertz CT molecular complexity index is 1050. The molecule has 3 aromatic rings. The Hall–Kier alpha value is -3.73. The van der Waals surface area contributed by atoms with Crippen molar-refractivity contribution in [2.75, 3.05) is 17.2 Å². The van der Waals surface area contributed by atoms with Gasteiger partial charge in [-0.25, -0.2) is 0 Å². The first kappa shape index (κ1) is 20.0. The van der Waals surface area contributed by atoms with E-state index in [0.717, 1.165) is 0 Å². The first-order valence-electron chi connectivity index (χ1n) is 9.03. The van der Waals surface area contributed by atoms with E-state index in [1.165, 1.54) is 4.80 Å². The Labute approximate surface area is 166 Å². The number of hydrogen-bond acceptors (Lipinski definition) is 8. The second kappa shape index (κ2) is 8.52. The largest absolute Gasteiger partial charge is 0.365 e. The number of hydrogen-bond donors (Lipinski definition) is 5. The molecule has 2 heterocycles. The van der Waals surface area contributed by atoms with E-state index >= 15 is 0 Å². The molecule has 0 bridgehead atoms. The molecule has 0 aliphatic carbocycles. The number of benzene rings is 1. The zero-order valence-electron chi connectivity index (χ0n) is 16.1. The van der Waals surface area contributed by atoms with Gasteiger partial charge in [-0.15, -0.1) is 0 Å². The summed E-state index contributed by atoms with van der Waals surface area (Å²) >= 11 is 0. The number of aromatic nitrogens is 5. The Morgan fingerprint density at radius 2 is 2.00 bits per heavy atom. The number of amides is 1. The fraction of sp³-hybridized carbons (Fsp3) is 0.278. The van der Waals surface area contributed by atoms with Gasteiger partial charge in [0.2, 0.25) is 5.95 Å². The van der Waals surface area contributed by atoms with Crippen molar-refractivity contribution in [3.63, 3.8) is 0 Å². The highest BCUT2D eigenvalue weighted by molar-refractivity contribution is 5.98. The van der Waals surface area contributed by atoms with Crippen LogP contribution in [0.1, 0.15) is 24.2 Å². The van der Waals surface area contributed by atoms with Crippen molar-refractivity contribution in [2.45, 2.75) is 19.9 Å². The van der Waals surface area contributed by atoms with E-state index in [2.05, 4.69) is 30.8 Å². The lowest BCUT2D eigenvalue weighted by atomic mass is 10.0. The van der Waals surface area contributed by atoms with Crippen molar-refractivity contribution in [3.8, 4) is 5.69 Å². The Balaban J connectivity index is 1.96. The minimum Gasteiger partial charge on any atom is -0.365 e. The Morgan fingerprint density at radius 1 is 1.28 bits per heavy atom. The van der Waals surface area contributed by atoms with Crippen molar-refractivity contribution in [3.05, 3.63) is 52.6 Å². The zero-order chi connectivity index (χ0) is 21.0. The van der Waals surface area contributed by atoms with Crippen molar-refractivity contribution in [1.82, 2.24) is 25.0 Å². The van der Waals surface area contributed by atoms with E-state index in [-0.39, 0.29) is 29.3 Å². The molecular formula is C18H23N9O2. The maximum Gasteiger partial charge on any atom is 0.267 e. The number of anilines is 3. The number of nitrogens with one attached hydrogen (secondary N) is 3. The van der Waals surface area contributed by atoms with E-state index in [1.54, 1.807) is 30.6 Å². The predicted molar refractivity (Wildman–Crippen MR) is 109 cm³/mol. The molecule has 2 atom stereocenters. The number of H-pyrrole nitrogens is 1. The molecule has 152 valence electrons. The first-order valence-corrected chi connectivity index (χ1v) is 9.03. The third-order valence-electron chi connectivity index (χ3n) is 4.51. The summed E-state index contributed by atoms with van der Waals surface area (Å²) in [5.41, 5.74) is 11.4. The quantitative estimate of drug-likeness (QED) is 0.368. The molecule has 0 aliphatic rings. The van der Waals surface area contributed by atoms with Crippen LogP contribution in [-0.2, 0) is 0 Å². The van der Waals surface area contributed by atoms with E-state index < -0.39 is 11.5 Å². The number of carbonyl (C=O) groups excluding carboxylic acids is 1. The van der Waals surface area contributed by atoms with Crippen LogP contribution in [0.4, 0.5) is 17.5 Å². The van der Waals surface area contributed by atoms with Crippen LogP contribution in [0.5, 0.6) is 0 Å². The van der Waals surface area contributed by atoms with Gasteiger partial charge in [0.05, 0.1) is 18.1 Å². The van der Waals surface area contributed by atoms with Crippen molar-refractivity contribution < 1.29 is 4.79 Å². The third kappa shape index (κ3) is 4.58. The fourth-order valence-corrected chi connectivity index (χ4v) is 2.62. The molecule has 1 aromatic carbocycles.